The van der Waals surface area contributed by atoms with Crippen LogP contribution in [0.15, 0.2) is 59.5 Å². The Hall–Kier alpha value is -2.33. The molecule has 0 fully saturated rings. The third-order valence-corrected chi connectivity index (χ3v) is 5.49. The van der Waals surface area contributed by atoms with Crippen molar-refractivity contribution in [1.82, 2.24) is 14.3 Å². The fraction of sp³-hybridized carbons (Fsp3) is 0.167. The third-order valence-electron chi connectivity index (χ3n) is 4.08. The molecular formula is C18H19ClF2N4O2S. The molecule has 0 radical (unpaired) electrons. The number of nitrogens with one attached hydrogen (secondary N) is 1. The minimum absolute atomic E-state index is 0. The molecule has 6 nitrogen and oxygen atoms in total. The number of fused-ring (bicyclic) bond motifs is 1. The summed E-state index contributed by atoms with van der Waals surface area (Å²) in [7, 11) is -2.33. The van der Waals surface area contributed by atoms with Gasteiger partial charge in [-0.15, -0.1) is 12.4 Å². The van der Waals surface area contributed by atoms with Crippen LogP contribution in [-0.2, 0) is 16.6 Å². The minimum Gasteiger partial charge on any atom is -0.327 e. The predicted octanol–water partition coefficient (Wildman–Crippen LogP) is 2.98. The summed E-state index contributed by atoms with van der Waals surface area (Å²) in [5, 5.41) is 0. The van der Waals surface area contributed by atoms with E-state index in [0.29, 0.717) is 22.2 Å². The summed E-state index contributed by atoms with van der Waals surface area (Å²) < 4.78 is 55.8. The number of halogens is 3. The molecule has 0 aliphatic carbocycles. The van der Waals surface area contributed by atoms with E-state index in [4.69, 9.17) is 5.73 Å². The van der Waals surface area contributed by atoms with Crippen LogP contribution in [0.2, 0.25) is 0 Å². The molecule has 0 spiro atoms. The molecule has 0 bridgehead atoms. The van der Waals surface area contributed by atoms with Gasteiger partial charge in [0, 0.05) is 12.1 Å². The molecule has 2 aromatic carbocycles. The van der Waals surface area contributed by atoms with Gasteiger partial charge in [0.25, 0.3) is 0 Å². The van der Waals surface area contributed by atoms with E-state index in [0.717, 1.165) is 0 Å². The van der Waals surface area contributed by atoms with E-state index in [1.807, 2.05) is 0 Å². The van der Waals surface area contributed by atoms with Crippen LogP contribution in [0.3, 0.4) is 0 Å². The van der Waals surface area contributed by atoms with Crippen LogP contribution in [0.25, 0.3) is 22.2 Å². The average Bonchev–Trinajstić information content (AvgIpc) is 3.04. The maximum Gasteiger partial charge on any atom is 0.240 e. The van der Waals surface area contributed by atoms with Crippen molar-refractivity contribution >= 4 is 33.5 Å². The molecule has 0 unspecified atom stereocenters. The first-order chi connectivity index (χ1) is 12.9. The van der Waals surface area contributed by atoms with Gasteiger partial charge < -0.3 is 10.3 Å². The second-order valence-electron chi connectivity index (χ2n) is 5.82. The monoisotopic (exact) mass is 428 g/mol. The van der Waals surface area contributed by atoms with Crippen molar-refractivity contribution in [3.63, 3.8) is 0 Å². The standard InChI is InChI=1S/C18H18F2N4O2S.ClH/c1-22-27(25,26)15-4-2-3-12(7-15)16-8-14(20)9-17-18(16)23-11-24(17)10-13(19)5-6-21;/h2-5,7-9,11,22H,6,10,21H2,1H3;1H. The number of sulfonamides is 1. The quantitative estimate of drug-likeness (QED) is 0.631. The van der Waals surface area contributed by atoms with Crippen LogP contribution in [-0.4, -0.2) is 31.6 Å². The molecule has 10 heteroatoms. The number of hydrogen-bond acceptors (Lipinski definition) is 4. The Morgan fingerprint density at radius 3 is 2.75 bits per heavy atom. The molecule has 0 saturated carbocycles. The lowest BCUT2D eigenvalue weighted by Gasteiger charge is -2.08. The van der Waals surface area contributed by atoms with Crippen molar-refractivity contribution < 1.29 is 17.2 Å². The topological polar surface area (TPSA) is 90.0 Å². The fourth-order valence-corrected chi connectivity index (χ4v) is 3.55. The zero-order valence-electron chi connectivity index (χ0n) is 14.9. The van der Waals surface area contributed by atoms with Gasteiger partial charge in [-0.3, -0.25) is 0 Å². The first-order valence-corrected chi connectivity index (χ1v) is 9.57. The van der Waals surface area contributed by atoms with Gasteiger partial charge >= 0.3 is 0 Å². The molecule has 1 heterocycles. The van der Waals surface area contributed by atoms with Crippen LogP contribution < -0.4 is 10.5 Å². The zero-order valence-corrected chi connectivity index (χ0v) is 16.5. The van der Waals surface area contributed by atoms with Crippen LogP contribution in [0, 0.1) is 5.82 Å². The molecular weight excluding hydrogens is 410 g/mol. The summed E-state index contributed by atoms with van der Waals surface area (Å²) in [6.45, 7) is -0.0599. The highest BCUT2D eigenvalue weighted by atomic mass is 35.5. The second kappa shape index (κ2) is 8.78. The number of nitrogens with two attached hydrogens (primary N) is 1. The molecule has 0 saturated heterocycles. The lowest BCUT2D eigenvalue weighted by Crippen LogP contribution is -2.18. The lowest BCUT2D eigenvalue weighted by atomic mass is 10.0. The van der Waals surface area contributed by atoms with E-state index >= 15 is 0 Å². The van der Waals surface area contributed by atoms with Gasteiger partial charge in [0.1, 0.15) is 11.6 Å². The Balaban J connectivity index is 0.00000280. The summed E-state index contributed by atoms with van der Waals surface area (Å²) >= 11 is 0. The molecule has 3 aromatic rings. The minimum atomic E-state index is -3.65. The Morgan fingerprint density at radius 1 is 1.32 bits per heavy atom. The third kappa shape index (κ3) is 4.39. The smallest absolute Gasteiger partial charge is 0.240 e. The van der Waals surface area contributed by atoms with Crippen molar-refractivity contribution in [3.8, 4) is 11.1 Å². The summed E-state index contributed by atoms with van der Waals surface area (Å²) in [5.41, 5.74) is 7.04. The largest absolute Gasteiger partial charge is 0.327 e. The van der Waals surface area contributed by atoms with Crippen molar-refractivity contribution in [3.05, 3.63) is 60.4 Å². The van der Waals surface area contributed by atoms with Crippen LogP contribution >= 0.6 is 12.4 Å². The van der Waals surface area contributed by atoms with Gasteiger partial charge in [0.2, 0.25) is 10.0 Å². The van der Waals surface area contributed by atoms with E-state index in [9.17, 15) is 17.2 Å². The van der Waals surface area contributed by atoms with Crippen molar-refractivity contribution in [2.45, 2.75) is 11.4 Å². The fourth-order valence-electron chi connectivity index (χ4n) is 2.78. The highest BCUT2D eigenvalue weighted by Gasteiger charge is 2.16. The Morgan fingerprint density at radius 2 is 2.07 bits per heavy atom. The van der Waals surface area contributed by atoms with Crippen molar-refractivity contribution in [2.75, 3.05) is 13.6 Å². The van der Waals surface area contributed by atoms with Crippen molar-refractivity contribution in [1.29, 1.82) is 0 Å². The number of rotatable bonds is 6. The van der Waals surface area contributed by atoms with Crippen molar-refractivity contribution in [2.24, 2.45) is 5.73 Å². The number of hydrogen-bond donors (Lipinski definition) is 2. The van der Waals surface area contributed by atoms with E-state index in [-0.39, 0.29) is 30.4 Å². The number of imidazole rings is 1. The number of aromatic nitrogens is 2. The summed E-state index contributed by atoms with van der Waals surface area (Å²) in [5.74, 6) is -0.992. The molecule has 28 heavy (non-hydrogen) atoms. The average molecular weight is 429 g/mol. The Kier molecular flexibility index (Phi) is 6.89. The number of benzene rings is 2. The SMILES string of the molecule is CNS(=O)(=O)c1cccc(-c2cc(F)cc3c2ncn3CC(F)=CCN)c1.Cl. The lowest BCUT2D eigenvalue weighted by molar-refractivity contribution is 0.557. The molecule has 0 atom stereocenters. The second-order valence-corrected chi connectivity index (χ2v) is 7.70. The Labute approximate surface area is 167 Å². The molecule has 0 amide bonds. The summed E-state index contributed by atoms with van der Waals surface area (Å²) in [4.78, 5) is 4.32. The van der Waals surface area contributed by atoms with E-state index in [1.165, 1.54) is 48.3 Å². The molecule has 150 valence electrons. The molecule has 0 aliphatic rings. The summed E-state index contributed by atoms with van der Waals surface area (Å²) in [6.07, 6.45) is 2.64. The Bertz CT molecular complexity index is 1130. The number of allylic oxidation sites excluding steroid dienone is 1. The van der Waals surface area contributed by atoms with E-state index in [1.54, 1.807) is 12.1 Å². The van der Waals surface area contributed by atoms with Gasteiger partial charge in [-0.2, -0.15) is 0 Å². The van der Waals surface area contributed by atoms with Gasteiger partial charge in [-0.05, 0) is 43.0 Å². The normalized spacial score (nSPS) is 12.2. The molecule has 3 N–H and O–H groups in total. The van der Waals surface area contributed by atoms with Gasteiger partial charge in [-0.1, -0.05) is 12.1 Å². The highest BCUT2D eigenvalue weighted by molar-refractivity contribution is 7.89. The molecule has 1 aromatic heterocycles. The first kappa shape index (κ1) is 22.0. The molecule has 3 rings (SSSR count). The maximum absolute atomic E-state index is 14.2. The number of nitrogens with zero attached hydrogens (tertiary/aromatic N) is 2. The van der Waals surface area contributed by atoms with E-state index in [2.05, 4.69) is 9.71 Å². The molecule has 0 aliphatic heterocycles. The first-order valence-electron chi connectivity index (χ1n) is 8.08. The highest BCUT2D eigenvalue weighted by Crippen LogP contribution is 2.30. The zero-order chi connectivity index (χ0) is 19.6. The van der Waals surface area contributed by atoms with Gasteiger partial charge in [0.05, 0.1) is 28.8 Å². The maximum atomic E-state index is 14.2. The predicted molar refractivity (Wildman–Crippen MR) is 107 cm³/mol. The van der Waals surface area contributed by atoms with Crippen LogP contribution in [0.1, 0.15) is 0 Å². The summed E-state index contributed by atoms with van der Waals surface area (Å²) in [6, 6.07) is 8.64. The van der Waals surface area contributed by atoms with Gasteiger partial charge in [0.15, 0.2) is 0 Å². The van der Waals surface area contributed by atoms with Crippen LogP contribution in [0.5, 0.6) is 0 Å². The van der Waals surface area contributed by atoms with Crippen LogP contribution in [0.4, 0.5) is 8.78 Å². The van der Waals surface area contributed by atoms with E-state index < -0.39 is 21.7 Å². The van der Waals surface area contributed by atoms with Gasteiger partial charge in [-0.25, -0.2) is 26.9 Å².